The zero-order valence-electron chi connectivity index (χ0n) is 15.8. The lowest BCUT2D eigenvalue weighted by atomic mass is 10.0. The number of ether oxygens (including phenoxy) is 1. The highest BCUT2D eigenvalue weighted by molar-refractivity contribution is 6.00. The number of esters is 1. The third-order valence-electron chi connectivity index (χ3n) is 5.13. The molecule has 2 aromatic carbocycles. The first-order chi connectivity index (χ1) is 13.9. The molecule has 0 bridgehead atoms. The summed E-state index contributed by atoms with van der Waals surface area (Å²) >= 11 is 0. The van der Waals surface area contributed by atoms with E-state index in [4.69, 9.17) is 9.84 Å². The van der Waals surface area contributed by atoms with Crippen molar-refractivity contribution in [2.45, 2.75) is 31.9 Å². The summed E-state index contributed by atoms with van der Waals surface area (Å²) in [6, 6.07) is 10.1. The van der Waals surface area contributed by atoms with E-state index >= 15 is 0 Å². The normalized spacial score (nSPS) is 14.7. The lowest BCUT2D eigenvalue weighted by Gasteiger charge is -2.13. The van der Waals surface area contributed by atoms with E-state index in [9.17, 15) is 18.0 Å². The number of rotatable bonds is 3. The molecule has 4 nitrogen and oxygen atoms in total. The Kier molecular flexibility index (Phi) is 4.90. The number of carbonyl (C=O) groups excluding carboxylic acids is 1. The maximum atomic E-state index is 12.9. The summed E-state index contributed by atoms with van der Waals surface area (Å²) in [4.78, 5) is 12.0. The number of methoxy groups -OCH3 is 1. The minimum Gasteiger partial charge on any atom is -0.465 e. The van der Waals surface area contributed by atoms with Crippen LogP contribution in [0.1, 0.15) is 41.6 Å². The highest BCUT2D eigenvalue weighted by Gasteiger charge is 2.30. The van der Waals surface area contributed by atoms with E-state index in [1.807, 2.05) is 0 Å². The standard InChI is InChI=1S/C22H19F3N2O2/c1-29-21(28)15-9-12-18-19(13-15)27(17-5-3-2-4-6-17)26-20(18)14-7-10-16(11-8-14)22(23,24)25/h5,7-13H,2-4,6H2,1H3. The molecule has 0 spiro atoms. The highest BCUT2D eigenvalue weighted by Crippen LogP contribution is 2.35. The number of halogens is 3. The molecule has 0 unspecified atom stereocenters. The van der Waals surface area contributed by atoms with Gasteiger partial charge < -0.3 is 4.74 Å². The number of hydrogen-bond donors (Lipinski definition) is 0. The molecule has 0 fully saturated rings. The lowest BCUT2D eigenvalue weighted by molar-refractivity contribution is -0.137. The summed E-state index contributed by atoms with van der Waals surface area (Å²) < 4.78 is 45.3. The van der Waals surface area contributed by atoms with Crippen LogP contribution in [0.5, 0.6) is 0 Å². The molecule has 0 saturated heterocycles. The summed E-state index contributed by atoms with van der Waals surface area (Å²) in [5.41, 5.74) is 2.63. The molecule has 0 amide bonds. The third-order valence-corrected chi connectivity index (χ3v) is 5.13. The van der Waals surface area contributed by atoms with Gasteiger partial charge in [-0.3, -0.25) is 0 Å². The Morgan fingerprint density at radius 1 is 1.10 bits per heavy atom. The van der Waals surface area contributed by atoms with Crippen molar-refractivity contribution in [1.29, 1.82) is 0 Å². The SMILES string of the molecule is COC(=O)c1ccc2c(-c3ccc(C(F)(F)F)cc3)nn(C3=CCCCC3)c2c1. The Morgan fingerprint density at radius 3 is 2.48 bits per heavy atom. The fourth-order valence-electron chi connectivity index (χ4n) is 3.62. The van der Waals surface area contributed by atoms with Crippen LogP contribution in [0.3, 0.4) is 0 Å². The van der Waals surface area contributed by atoms with Gasteiger partial charge in [-0.15, -0.1) is 0 Å². The monoisotopic (exact) mass is 400 g/mol. The number of fused-ring (bicyclic) bond motifs is 1. The molecule has 3 aromatic rings. The predicted molar refractivity (Wildman–Crippen MR) is 104 cm³/mol. The minimum absolute atomic E-state index is 0.400. The maximum absolute atomic E-state index is 12.9. The Labute approximate surface area is 165 Å². The number of carbonyl (C=O) groups is 1. The number of alkyl halides is 3. The highest BCUT2D eigenvalue weighted by atomic mass is 19.4. The van der Waals surface area contributed by atoms with Gasteiger partial charge in [0.1, 0.15) is 5.69 Å². The van der Waals surface area contributed by atoms with Gasteiger partial charge in [0.2, 0.25) is 0 Å². The second-order valence-electron chi connectivity index (χ2n) is 7.00. The average Bonchev–Trinajstić information content (AvgIpc) is 3.12. The zero-order valence-corrected chi connectivity index (χ0v) is 15.8. The van der Waals surface area contributed by atoms with Crippen LogP contribution >= 0.6 is 0 Å². The Hall–Kier alpha value is -3.09. The molecular weight excluding hydrogens is 381 g/mol. The van der Waals surface area contributed by atoms with Crippen molar-refractivity contribution >= 4 is 22.6 Å². The van der Waals surface area contributed by atoms with E-state index < -0.39 is 17.7 Å². The van der Waals surface area contributed by atoms with Crippen molar-refractivity contribution in [2.75, 3.05) is 7.11 Å². The Morgan fingerprint density at radius 2 is 1.86 bits per heavy atom. The average molecular weight is 400 g/mol. The smallest absolute Gasteiger partial charge is 0.416 e. The molecule has 0 radical (unpaired) electrons. The Balaban J connectivity index is 1.88. The van der Waals surface area contributed by atoms with E-state index in [0.717, 1.165) is 54.4 Å². The molecular formula is C22H19F3N2O2. The number of benzene rings is 2. The molecule has 1 aromatic heterocycles. The lowest BCUT2D eigenvalue weighted by Crippen LogP contribution is -2.05. The molecule has 1 aliphatic rings. The van der Waals surface area contributed by atoms with Crippen LogP contribution in [-0.2, 0) is 10.9 Å². The number of allylic oxidation sites excluding steroid dienone is 2. The summed E-state index contributed by atoms with van der Waals surface area (Å²) in [6.07, 6.45) is 1.69. The van der Waals surface area contributed by atoms with Crippen LogP contribution in [0, 0.1) is 0 Å². The number of hydrogen-bond acceptors (Lipinski definition) is 3. The van der Waals surface area contributed by atoms with Crippen LogP contribution in [0.25, 0.3) is 27.9 Å². The van der Waals surface area contributed by atoms with Crippen LogP contribution in [0.15, 0.2) is 48.5 Å². The van der Waals surface area contributed by atoms with E-state index in [-0.39, 0.29) is 0 Å². The largest absolute Gasteiger partial charge is 0.465 e. The number of nitrogens with zero attached hydrogens (tertiary/aromatic N) is 2. The second kappa shape index (κ2) is 7.39. The van der Waals surface area contributed by atoms with Gasteiger partial charge in [-0.25, -0.2) is 9.48 Å². The van der Waals surface area contributed by atoms with E-state index in [2.05, 4.69) is 6.08 Å². The molecule has 0 aliphatic heterocycles. The van der Waals surface area contributed by atoms with Gasteiger partial charge in [-0.1, -0.05) is 18.2 Å². The first-order valence-electron chi connectivity index (χ1n) is 9.36. The van der Waals surface area contributed by atoms with Gasteiger partial charge in [0.15, 0.2) is 0 Å². The van der Waals surface area contributed by atoms with Crippen LogP contribution in [0.2, 0.25) is 0 Å². The van der Waals surface area contributed by atoms with Gasteiger partial charge in [0.25, 0.3) is 0 Å². The van der Waals surface area contributed by atoms with Gasteiger partial charge in [-0.2, -0.15) is 18.3 Å². The maximum Gasteiger partial charge on any atom is 0.416 e. The van der Waals surface area contributed by atoms with Crippen LogP contribution < -0.4 is 0 Å². The quantitative estimate of drug-likeness (QED) is 0.512. The molecule has 0 saturated carbocycles. The van der Waals surface area contributed by atoms with E-state index in [1.54, 1.807) is 22.9 Å². The molecule has 150 valence electrons. The predicted octanol–water partition coefficient (Wildman–Crippen LogP) is 5.92. The van der Waals surface area contributed by atoms with E-state index in [1.165, 1.54) is 19.2 Å². The fourth-order valence-corrected chi connectivity index (χ4v) is 3.62. The summed E-state index contributed by atoms with van der Waals surface area (Å²) in [5.74, 6) is -0.451. The fraction of sp³-hybridized carbons (Fsp3) is 0.273. The molecule has 1 aliphatic carbocycles. The molecule has 0 N–H and O–H groups in total. The van der Waals surface area contributed by atoms with Gasteiger partial charge in [0, 0.05) is 16.6 Å². The van der Waals surface area contributed by atoms with Crippen molar-refractivity contribution in [2.24, 2.45) is 0 Å². The summed E-state index contributed by atoms with van der Waals surface area (Å²) in [6.45, 7) is 0. The van der Waals surface area contributed by atoms with Gasteiger partial charge >= 0.3 is 12.1 Å². The molecule has 0 atom stereocenters. The molecule has 29 heavy (non-hydrogen) atoms. The van der Waals surface area contributed by atoms with Crippen LogP contribution in [0.4, 0.5) is 13.2 Å². The topological polar surface area (TPSA) is 44.1 Å². The summed E-state index contributed by atoms with van der Waals surface area (Å²) in [5, 5.41) is 5.48. The van der Waals surface area contributed by atoms with E-state index in [0.29, 0.717) is 16.8 Å². The Bertz CT molecular complexity index is 1100. The second-order valence-corrected chi connectivity index (χ2v) is 7.00. The molecule has 7 heteroatoms. The van der Waals surface area contributed by atoms with Crippen molar-refractivity contribution in [1.82, 2.24) is 9.78 Å². The van der Waals surface area contributed by atoms with Gasteiger partial charge in [-0.05, 0) is 56.0 Å². The minimum atomic E-state index is -4.39. The molecule has 4 rings (SSSR count). The van der Waals surface area contributed by atoms with Crippen molar-refractivity contribution in [3.8, 4) is 11.3 Å². The van der Waals surface area contributed by atoms with Gasteiger partial charge in [0.05, 0.1) is 23.8 Å². The molecule has 1 heterocycles. The van der Waals surface area contributed by atoms with Crippen molar-refractivity contribution < 1.29 is 22.7 Å². The first-order valence-corrected chi connectivity index (χ1v) is 9.36. The third kappa shape index (κ3) is 3.64. The van der Waals surface area contributed by atoms with Crippen molar-refractivity contribution in [3.63, 3.8) is 0 Å². The number of aromatic nitrogens is 2. The van der Waals surface area contributed by atoms with Crippen LogP contribution in [-0.4, -0.2) is 22.9 Å². The first kappa shape index (κ1) is 19.2. The summed E-state index contributed by atoms with van der Waals surface area (Å²) in [7, 11) is 1.32. The zero-order chi connectivity index (χ0) is 20.6. The van der Waals surface area contributed by atoms with Crippen molar-refractivity contribution in [3.05, 3.63) is 59.7 Å².